The molecule has 1 radical (unpaired) electrons. The van der Waals surface area contributed by atoms with Gasteiger partial charge in [0.05, 0.1) is 6.61 Å². The molecule has 0 fully saturated rings. The van der Waals surface area contributed by atoms with E-state index in [1.54, 1.807) is 0 Å². The molecule has 1 N–H and O–H groups in total. The van der Waals surface area contributed by atoms with E-state index in [-0.39, 0.29) is 0 Å². The van der Waals surface area contributed by atoms with E-state index in [2.05, 4.69) is 0 Å². The van der Waals surface area contributed by atoms with E-state index in [4.69, 9.17) is 10.5 Å². The maximum Gasteiger partial charge on any atom is 0.238 e. The highest BCUT2D eigenvalue weighted by molar-refractivity contribution is 5.72. The lowest BCUT2D eigenvalue weighted by atomic mass is 10.1. The molecule has 0 aromatic heterocycles. The SMILES string of the molecule is [NH]C(=O)CCCCCCOc1ccccc1. The van der Waals surface area contributed by atoms with Crippen LogP contribution in [-0.4, -0.2) is 12.5 Å². The Morgan fingerprint density at radius 2 is 1.75 bits per heavy atom. The molecule has 0 atom stereocenters. The van der Waals surface area contributed by atoms with Crippen molar-refractivity contribution in [3.8, 4) is 5.75 Å². The van der Waals surface area contributed by atoms with E-state index in [1.165, 1.54) is 0 Å². The maximum atomic E-state index is 10.4. The Hall–Kier alpha value is -1.51. The quantitative estimate of drug-likeness (QED) is 0.632. The molecule has 3 nitrogen and oxygen atoms in total. The van der Waals surface area contributed by atoms with Crippen molar-refractivity contribution < 1.29 is 9.53 Å². The Morgan fingerprint density at radius 3 is 2.44 bits per heavy atom. The summed E-state index contributed by atoms with van der Waals surface area (Å²) in [5.74, 6) is 0.448. The van der Waals surface area contributed by atoms with Gasteiger partial charge in [0.1, 0.15) is 5.75 Å². The van der Waals surface area contributed by atoms with Gasteiger partial charge in [-0.25, -0.2) is 0 Å². The van der Waals surface area contributed by atoms with Gasteiger partial charge in [-0.05, 0) is 25.0 Å². The lowest BCUT2D eigenvalue weighted by Crippen LogP contribution is -1.99. The molecule has 0 aliphatic rings. The summed E-state index contributed by atoms with van der Waals surface area (Å²) in [6.45, 7) is 0.721. The van der Waals surface area contributed by atoms with Crippen LogP contribution in [0.4, 0.5) is 0 Å². The predicted molar refractivity (Wildman–Crippen MR) is 63.1 cm³/mol. The topological polar surface area (TPSA) is 50.1 Å². The van der Waals surface area contributed by atoms with Crippen molar-refractivity contribution in [2.45, 2.75) is 32.1 Å². The fourth-order valence-electron chi connectivity index (χ4n) is 1.45. The number of rotatable bonds is 8. The largest absolute Gasteiger partial charge is 0.494 e. The number of carbonyl (C=O) groups excluding carboxylic acids is 1. The second-order valence-electron chi connectivity index (χ2n) is 3.75. The standard InChI is InChI=1S/C13H18NO2/c14-13(15)10-6-1-2-7-11-16-12-8-4-3-5-9-12/h3-5,8-9,14H,1-2,6-7,10-11H2. The van der Waals surface area contributed by atoms with Gasteiger partial charge in [-0.2, -0.15) is 0 Å². The average Bonchev–Trinajstić information content (AvgIpc) is 2.29. The fraction of sp³-hybridized carbons (Fsp3) is 0.462. The minimum atomic E-state index is -0.458. The summed E-state index contributed by atoms with van der Waals surface area (Å²) in [5, 5.41) is 0. The van der Waals surface area contributed by atoms with Crippen molar-refractivity contribution >= 4 is 5.91 Å². The number of nitrogens with one attached hydrogen (secondary N) is 1. The number of hydrogen-bond acceptors (Lipinski definition) is 2. The van der Waals surface area contributed by atoms with Gasteiger partial charge in [0.2, 0.25) is 5.91 Å². The zero-order chi connectivity index (χ0) is 11.6. The molecule has 0 aliphatic carbocycles. The third kappa shape index (κ3) is 6.06. The second-order valence-corrected chi connectivity index (χ2v) is 3.75. The molecule has 87 valence electrons. The first-order valence-corrected chi connectivity index (χ1v) is 5.71. The van der Waals surface area contributed by atoms with Crippen molar-refractivity contribution in [3.05, 3.63) is 30.3 Å². The number of para-hydroxylation sites is 1. The van der Waals surface area contributed by atoms with Gasteiger partial charge in [-0.15, -0.1) is 0 Å². The normalized spacial score (nSPS) is 10.0. The van der Waals surface area contributed by atoms with E-state index in [0.717, 1.165) is 38.0 Å². The van der Waals surface area contributed by atoms with Gasteiger partial charge in [-0.1, -0.05) is 31.0 Å². The Balaban J connectivity index is 1.94. The van der Waals surface area contributed by atoms with Crippen LogP contribution in [0.5, 0.6) is 5.75 Å². The first-order chi connectivity index (χ1) is 7.79. The van der Waals surface area contributed by atoms with E-state index in [0.29, 0.717) is 6.42 Å². The van der Waals surface area contributed by atoms with Crippen LogP contribution in [-0.2, 0) is 4.79 Å². The molecule has 0 heterocycles. The number of hydrogen-bond donors (Lipinski definition) is 0. The summed E-state index contributed by atoms with van der Waals surface area (Å²) in [5.41, 5.74) is 6.74. The van der Waals surface area contributed by atoms with Crippen molar-refractivity contribution in [3.63, 3.8) is 0 Å². The monoisotopic (exact) mass is 220 g/mol. The molecule has 1 aromatic carbocycles. The Kier molecular flexibility index (Phi) is 6.07. The van der Waals surface area contributed by atoms with Crippen molar-refractivity contribution in [2.75, 3.05) is 6.61 Å². The van der Waals surface area contributed by atoms with Crippen LogP contribution >= 0.6 is 0 Å². The van der Waals surface area contributed by atoms with Crippen LogP contribution in [0.25, 0.3) is 0 Å². The number of unbranched alkanes of at least 4 members (excludes halogenated alkanes) is 3. The zero-order valence-corrected chi connectivity index (χ0v) is 9.45. The average molecular weight is 220 g/mol. The lowest BCUT2D eigenvalue weighted by Gasteiger charge is -2.05. The molecule has 1 rings (SSSR count). The molecule has 0 spiro atoms. The van der Waals surface area contributed by atoms with Gasteiger partial charge >= 0.3 is 0 Å². The molecular formula is C13H18NO2. The number of amides is 1. The van der Waals surface area contributed by atoms with Crippen molar-refractivity contribution in [1.82, 2.24) is 5.73 Å². The summed E-state index contributed by atoms with van der Waals surface area (Å²) in [6, 6.07) is 9.76. The molecule has 1 amide bonds. The Labute approximate surface area is 96.6 Å². The van der Waals surface area contributed by atoms with E-state index in [1.807, 2.05) is 30.3 Å². The van der Waals surface area contributed by atoms with Gasteiger partial charge in [0.25, 0.3) is 0 Å². The molecule has 0 aliphatic heterocycles. The second kappa shape index (κ2) is 7.74. The van der Waals surface area contributed by atoms with Gasteiger partial charge in [-0.3, -0.25) is 10.5 Å². The van der Waals surface area contributed by atoms with Crippen molar-refractivity contribution in [2.24, 2.45) is 0 Å². The molecule has 3 heteroatoms. The fourth-order valence-corrected chi connectivity index (χ4v) is 1.45. The number of benzene rings is 1. The smallest absolute Gasteiger partial charge is 0.238 e. The summed E-state index contributed by atoms with van der Waals surface area (Å²) < 4.78 is 5.53. The lowest BCUT2D eigenvalue weighted by molar-refractivity contribution is -0.118. The molecule has 1 aromatic rings. The third-order valence-corrected chi connectivity index (χ3v) is 2.31. The first kappa shape index (κ1) is 12.6. The summed E-state index contributed by atoms with van der Waals surface area (Å²) in [4.78, 5) is 10.4. The Morgan fingerprint density at radius 1 is 1.06 bits per heavy atom. The summed E-state index contributed by atoms with van der Waals surface area (Å²) in [7, 11) is 0. The molecule has 0 saturated carbocycles. The van der Waals surface area contributed by atoms with Crippen LogP contribution in [0, 0.1) is 0 Å². The molecule has 0 bridgehead atoms. The highest BCUT2D eigenvalue weighted by atomic mass is 16.5. The summed E-state index contributed by atoms with van der Waals surface area (Å²) >= 11 is 0. The van der Waals surface area contributed by atoms with Crippen LogP contribution in [0.1, 0.15) is 32.1 Å². The number of ether oxygens (including phenoxy) is 1. The molecule has 0 saturated heterocycles. The highest BCUT2D eigenvalue weighted by Gasteiger charge is 1.96. The van der Waals surface area contributed by atoms with E-state index < -0.39 is 5.91 Å². The first-order valence-electron chi connectivity index (χ1n) is 5.71. The summed E-state index contributed by atoms with van der Waals surface area (Å²) in [6.07, 6.45) is 4.27. The van der Waals surface area contributed by atoms with Gasteiger partial charge in [0.15, 0.2) is 0 Å². The highest BCUT2D eigenvalue weighted by Crippen LogP contribution is 2.09. The zero-order valence-electron chi connectivity index (χ0n) is 9.45. The van der Waals surface area contributed by atoms with Crippen LogP contribution in [0.2, 0.25) is 0 Å². The van der Waals surface area contributed by atoms with Gasteiger partial charge < -0.3 is 4.74 Å². The minimum Gasteiger partial charge on any atom is -0.494 e. The van der Waals surface area contributed by atoms with Crippen LogP contribution < -0.4 is 10.5 Å². The van der Waals surface area contributed by atoms with Gasteiger partial charge in [0, 0.05) is 6.42 Å². The predicted octanol–water partition coefficient (Wildman–Crippen LogP) is 2.83. The molecule has 16 heavy (non-hydrogen) atoms. The third-order valence-electron chi connectivity index (χ3n) is 2.31. The Bertz CT molecular complexity index is 298. The van der Waals surface area contributed by atoms with Crippen molar-refractivity contribution in [1.29, 1.82) is 0 Å². The van der Waals surface area contributed by atoms with E-state index in [9.17, 15) is 4.79 Å². The van der Waals surface area contributed by atoms with Crippen LogP contribution in [0.15, 0.2) is 30.3 Å². The number of carbonyl (C=O) groups is 1. The molecule has 0 unspecified atom stereocenters. The minimum absolute atomic E-state index is 0.388. The van der Waals surface area contributed by atoms with Crippen LogP contribution in [0.3, 0.4) is 0 Å². The molecular weight excluding hydrogens is 202 g/mol. The maximum absolute atomic E-state index is 10.4. The van der Waals surface area contributed by atoms with E-state index >= 15 is 0 Å².